The van der Waals surface area contributed by atoms with E-state index in [2.05, 4.69) is 119 Å². The molecule has 0 aliphatic heterocycles. The quantitative estimate of drug-likeness (QED) is 0.288. The van der Waals surface area contributed by atoms with Crippen LogP contribution in [0.1, 0.15) is 0 Å². The number of H-pyrrole nitrogens is 2. The Morgan fingerprint density at radius 2 is 1.09 bits per heavy atom. The lowest BCUT2D eigenvalue weighted by atomic mass is 9.93. The molecule has 0 saturated heterocycles. The highest BCUT2D eigenvalue weighted by Gasteiger charge is 2.16. The molecule has 2 N–H and O–H groups in total. The van der Waals surface area contributed by atoms with Crippen molar-refractivity contribution >= 4 is 43.6 Å². The molecule has 7 aromatic rings. The second-order valence-corrected chi connectivity index (χ2v) is 8.38. The summed E-state index contributed by atoms with van der Waals surface area (Å²) in [4.78, 5) is 7.32. The van der Waals surface area contributed by atoms with Gasteiger partial charge >= 0.3 is 0 Å². The van der Waals surface area contributed by atoms with E-state index < -0.39 is 0 Å². The third-order valence-electron chi connectivity index (χ3n) is 6.54. The van der Waals surface area contributed by atoms with Gasteiger partial charge in [0.25, 0.3) is 0 Å². The highest BCUT2D eigenvalue weighted by molar-refractivity contribution is 6.19. The van der Waals surface area contributed by atoms with Gasteiger partial charge in [0.1, 0.15) is 0 Å². The van der Waals surface area contributed by atoms with Crippen LogP contribution in [0.4, 0.5) is 0 Å². The zero-order chi connectivity index (χ0) is 21.1. The number of para-hydroxylation sites is 2. The van der Waals surface area contributed by atoms with Gasteiger partial charge in [0.15, 0.2) is 0 Å². The van der Waals surface area contributed by atoms with E-state index in [0.29, 0.717) is 0 Å². The van der Waals surface area contributed by atoms with Crippen molar-refractivity contribution in [3.8, 4) is 22.3 Å². The minimum atomic E-state index is 1.16. The van der Waals surface area contributed by atoms with Gasteiger partial charge in [-0.25, -0.2) is 0 Å². The molecule has 0 fully saturated rings. The topological polar surface area (TPSA) is 31.6 Å². The Balaban J connectivity index is 1.65. The number of nitrogens with one attached hydrogen (secondary N) is 2. The van der Waals surface area contributed by atoms with Crippen molar-refractivity contribution in [1.29, 1.82) is 0 Å². The molecule has 0 saturated carbocycles. The number of benzene rings is 5. The molecule has 2 heterocycles. The predicted octanol–water partition coefficient (Wildman–Crippen LogP) is 8.29. The van der Waals surface area contributed by atoms with E-state index in [4.69, 9.17) is 0 Å². The summed E-state index contributed by atoms with van der Waals surface area (Å²) in [6.45, 7) is 0. The Morgan fingerprint density at radius 3 is 1.94 bits per heavy atom. The molecule has 2 heteroatoms. The van der Waals surface area contributed by atoms with Crippen LogP contribution in [-0.2, 0) is 0 Å². The summed E-state index contributed by atoms with van der Waals surface area (Å²) in [7, 11) is 0. The lowest BCUT2D eigenvalue weighted by Crippen LogP contribution is -1.86. The lowest BCUT2D eigenvalue weighted by molar-refractivity contribution is 1.53. The summed E-state index contributed by atoms with van der Waals surface area (Å²) in [6.07, 6.45) is 0. The van der Waals surface area contributed by atoms with Crippen LogP contribution in [0, 0.1) is 0 Å². The van der Waals surface area contributed by atoms with Gasteiger partial charge in [-0.05, 0) is 47.0 Å². The second-order valence-electron chi connectivity index (χ2n) is 8.38. The second kappa shape index (κ2) is 6.60. The molecule has 0 bridgehead atoms. The smallest absolute Gasteiger partial charge is 0.0545 e. The number of fused-ring (bicyclic) bond motifs is 6. The Labute approximate surface area is 185 Å². The Bertz CT molecular complexity index is 1770. The first-order chi connectivity index (χ1) is 15.9. The van der Waals surface area contributed by atoms with E-state index in [1.165, 1.54) is 60.3 Å². The molecule has 0 atom stereocenters. The molecule has 7 rings (SSSR count). The summed E-state index contributed by atoms with van der Waals surface area (Å²) in [5.41, 5.74) is 9.62. The van der Waals surface area contributed by atoms with Crippen LogP contribution in [0.3, 0.4) is 0 Å². The molecule has 32 heavy (non-hydrogen) atoms. The number of hydrogen-bond donors (Lipinski definition) is 2. The molecule has 0 unspecified atom stereocenters. The SMILES string of the molecule is c1ccc(-c2cc(-c3cccc4[nH]c5ccccc5c34)c3[nH]c4ccccc4c3c2)cc1. The van der Waals surface area contributed by atoms with Gasteiger partial charge in [0.05, 0.1) is 5.52 Å². The Hall–Kier alpha value is -4.30. The minimum Gasteiger partial charge on any atom is -0.354 e. The maximum atomic E-state index is 3.72. The largest absolute Gasteiger partial charge is 0.354 e. The van der Waals surface area contributed by atoms with Crippen molar-refractivity contribution in [3.05, 3.63) is 109 Å². The average Bonchev–Trinajstić information content (AvgIpc) is 3.42. The monoisotopic (exact) mass is 408 g/mol. The first-order valence-corrected chi connectivity index (χ1v) is 11.0. The Morgan fingerprint density at radius 1 is 0.406 bits per heavy atom. The van der Waals surface area contributed by atoms with Crippen LogP contribution in [0.2, 0.25) is 0 Å². The van der Waals surface area contributed by atoms with Gasteiger partial charge in [-0.15, -0.1) is 0 Å². The van der Waals surface area contributed by atoms with Crippen LogP contribution >= 0.6 is 0 Å². The van der Waals surface area contributed by atoms with E-state index >= 15 is 0 Å². The van der Waals surface area contributed by atoms with Gasteiger partial charge < -0.3 is 9.97 Å². The van der Waals surface area contributed by atoms with E-state index in [9.17, 15) is 0 Å². The maximum absolute atomic E-state index is 3.72. The molecule has 0 amide bonds. The molecule has 0 radical (unpaired) electrons. The van der Waals surface area contributed by atoms with Gasteiger partial charge in [-0.1, -0.05) is 78.9 Å². The van der Waals surface area contributed by atoms with Gasteiger partial charge in [0, 0.05) is 43.7 Å². The predicted molar refractivity (Wildman–Crippen MR) is 136 cm³/mol. The van der Waals surface area contributed by atoms with Gasteiger partial charge in [-0.2, -0.15) is 0 Å². The van der Waals surface area contributed by atoms with E-state index in [1.54, 1.807) is 0 Å². The summed E-state index contributed by atoms with van der Waals surface area (Å²) < 4.78 is 0. The highest BCUT2D eigenvalue weighted by Crippen LogP contribution is 2.41. The van der Waals surface area contributed by atoms with Gasteiger partial charge in [0.2, 0.25) is 0 Å². The molecule has 0 aliphatic rings. The molecule has 5 aromatic carbocycles. The van der Waals surface area contributed by atoms with E-state index in [-0.39, 0.29) is 0 Å². The fraction of sp³-hybridized carbons (Fsp3) is 0. The molecular weight excluding hydrogens is 388 g/mol. The number of rotatable bonds is 2. The van der Waals surface area contributed by atoms with Crippen molar-refractivity contribution < 1.29 is 0 Å². The zero-order valence-corrected chi connectivity index (χ0v) is 17.4. The van der Waals surface area contributed by atoms with Crippen LogP contribution < -0.4 is 0 Å². The number of aromatic nitrogens is 2. The lowest BCUT2D eigenvalue weighted by Gasteiger charge is -2.11. The zero-order valence-electron chi connectivity index (χ0n) is 17.4. The molecule has 0 aliphatic carbocycles. The average molecular weight is 409 g/mol. The number of hydrogen-bond acceptors (Lipinski definition) is 0. The van der Waals surface area contributed by atoms with Crippen molar-refractivity contribution in [2.45, 2.75) is 0 Å². The van der Waals surface area contributed by atoms with Crippen molar-refractivity contribution in [2.24, 2.45) is 0 Å². The van der Waals surface area contributed by atoms with E-state index in [0.717, 1.165) is 5.52 Å². The fourth-order valence-electron chi connectivity index (χ4n) is 5.09. The van der Waals surface area contributed by atoms with Crippen LogP contribution in [0.5, 0.6) is 0 Å². The van der Waals surface area contributed by atoms with Crippen LogP contribution in [-0.4, -0.2) is 9.97 Å². The van der Waals surface area contributed by atoms with E-state index in [1.807, 2.05) is 0 Å². The fourth-order valence-corrected chi connectivity index (χ4v) is 5.09. The molecule has 2 nitrogen and oxygen atoms in total. The summed E-state index contributed by atoms with van der Waals surface area (Å²) >= 11 is 0. The number of aromatic amines is 2. The maximum Gasteiger partial charge on any atom is 0.0545 e. The van der Waals surface area contributed by atoms with Crippen molar-refractivity contribution in [2.75, 3.05) is 0 Å². The normalized spacial score (nSPS) is 11.8. The third kappa shape index (κ3) is 2.47. The standard InChI is InChI=1S/C30H20N2/c1-2-9-19(10-3-1)20-17-24-21-11-4-6-14-26(21)32-30(24)25(18-20)22-13-8-16-28-29(22)23-12-5-7-15-27(23)31-28/h1-18,31-32H. The molecule has 2 aromatic heterocycles. The van der Waals surface area contributed by atoms with Crippen molar-refractivity contribution in [1.82, 2.24) is 9.97 Å². The summed E-state index contributed by atoms with van der Waals surface area (Å²) in [5, 5.41) is 5.04. The van der Waals surface area contributed by atoms with Gasteiger partial charge in [-0.3, -0.25) is 0 Å². The van der Waals surface area contributed by atoms with Crippen molar-refractivity contribution in [3.63, 3.8) is 0 Å². The summed E-state index contributed by atoms with van der Waals surface area (Å²) in [5.74, 6) is 0. The third-order valence-corrected chi connectivity index (χ3v) is 6.54. The minimum absolute atomic E-state index is 1.16. The first kappa shape index (κ1) is 17.4. The first-order valence-electron chi connectivity index (χ1n) is 11.0. The van der Waals surface area contributed by atoms with Crippen LogP contribution in [0.15, 0.2) is 109 Å². The Kier molecular flexibility index (Phi) is 3.58. The molecular formula is C30H20N2. The molecule has 150 valence electrons. The summed E-state index contributed by atoms with van der Waals surface area (Å²) in [6, 6.07) is 39.0. The van der Waals surface area contributed by atoms with Crippen LogP contribution in [0.25, 0.3) is 65.9 Å². The molecule has 0 spiro atoms. The highest BCUT2D eigenvalue weighted by atomic mass is 14.7.